The van der Waals surface area contributed by atoms with Crippen LogP contribution in [0.2, 0.25) is 0 Å². The summed E-state index contributed by atoms with van der Waals surface area (Å²) >= 11 is 3.40. The molecule has 1 aromatic heterocycles. The van der Waals surface area contributed by atoms with Gasteiger partial charge in [-0.25, -0.2) is 4.98 Å². The molecule has 0 aliphatic carbocycles. The van der Waals surface area contributed by atoms with Gasteiger partial charge in [0, 0.05) is 55.1 Å². The van der Waals surface area contributed by atoms with Crippen LogP contribution < -0.4 is 4.90 Å². The largest absolute Gasteiger partial charge is 0.346 e. The first kappa shape index (κ1) is 15.1. The average Bonchev–Trinajstić information content (AvgIpc) is 3.16. The molecule has 21 heavy (non-hydrogen) atoms. The van der Waals surface area contributed by atoms with E-state index in [1.54, 1.807) is 0 Å². The Morgan fingerprint density at radius 1 is 1.29 bits per heavy atom. The molecule has 0 radical (unpaired) electrons. The molecular weight excluding hydrogens is 304 g/mol. The van der Waals surface area contributed by atoms with E-state index < -0.39 is 0 Å². The van der Waals surface area contributed by atoms with Gasteiger partial charge in [0.05, 0.1) is 5.92 Å². The Labute approximate surface area is 134 Å². The van der Waals surface area contributed by atoms with E-state index in [2.05, 4.69) is 28.1 Å². The second-order valence-corrected chi connectivity index (χ2v) is 7.91. The number of amides is 1. The highest BCUT2D eigenvalue weighted by atomic mass is 32.2. The van der Waals surface area contributed by atoms with Crippen molar-refractivity contribution in [3.8, 4) is 0 Å². The Hall–Kier alpha value is -0.820. The molecule has 5 nitrogen and oxygen atoms in total. The van der Waals surface area contributed by atoms with Gasteiger partial charge in [0.2, 0.25) is 11.0 Å². The van der Waals surface area contributed by atoms with E-state index in [0.29, 0.717) is 11.8 Å². The Balaban J connectivity index is 1.60. The molecule has 2 aliphatic heterocycles. The van der Waals surface area contributed by atoms with Crippen LogP contribution in [-0.4, -0.2) is 57.8 Å². The standard InChI is InChI=1S/C14H22N4OS2/c1-10(2)12-15-14(21-16-12)18-4-3-11(9-18)13(19)17-5-7-20-8-6-17/h10-11H,3-9H2,1-2H3. The summed E-state index contributed by atoms with van der Waals surface area (Å²) in [4.78, 5) is 21.4. The van der Waals surface area contributed by atoms with Gasteiger partial charge < -0.3 is 9.80 Å². The van der Waals surface area contributed by atoms with Gasteiger partial charge in [-0.05, 0) is 6.42 Å². The molecule has 0 bridgehead atoms. The predicted octanol–water partition coefficient (Wildman–Crippen LogP) is 2.06. The summed E-state index contributed by atoms with van der Waals surface area (Å²) in [5.74, 6) is 3.91. The maximum Gasteiger partial charge on any atom is 0.227 e. The molecule has 3 heterocycles. The van der Waals surface area contributed by atoms with Crippen LogP contribution in [0.25, 0.3) is 0 Å². The summed E-state index contributed by atoms with van der Waals surface area (Å²) in [6.07, 6.45) is 0.944. The fourth-order valence-corrected chi connectivity index (χ4v) is 4.51. The van der Waals surface area contributed by atoms with Crippen molar-refractivity contribution in [2.24, 2.45) is 5.92 Å². The number of thioether (sulfide) groups is 1. The molecule has 116 valence electrons. The second-order valence-electron chi connectivity index (χ2n) is 5.96. The zero-order valence-corrected chi connectivity index (χ0v) is 14.3. The molecule has 2 fully saturated rings. The van der Waals surface area contributed by atoms with Crippen molar-refractivity contribution in [1.29, 1.82) is 0 Å². The monoisotopic (exact) mass is 326 g/mol. The first-order chi connectivity index (χ1) is 10.1. The van der Waals surface area contributed by atoms with Crippen LogP contribution in [0, 0.1) is 5.92 Å². The van der Waals surface area contributed by atoms with Gasteiger partial charge in [0.1, 0.15) is 5.82 Å². The lowest BCUT2D eigenvalue weighted by Crippen LogP contribution is -2.42. The topological polar surface area (TPSA) is 49.3 Å². The number of hydrogen-bond donors (Lipinski definition) is 0. The summed E-state index contributed by atoms with van der Waals surface area (Å²) < 4.78 is 4.41. The van der Waals surface area contributed by atoms with E-state index in [0.717, 1.165) is 55.1 Å². The molecule has 1 unspecified atom stereocenters. The van der Waals surface area contributed by atoms with Crippen LogP contribution in [0.1, 0.15) is 32.0 Å². The summed E-state index contributed by atoms with van der Waals surface area (Å²) in [7, 11) is 0. The molecule has 1 amide bonds. The molecule has 1 aromatic rings. The maximum atomic E-state index is 12.5. The fourth-order valence-electron chi connectivity index (χ4n) is 2.77. The number of aromatic nitrogens is 2. The van der Waals surface area contributed by atoms with Crippen LogP contribution in [-0.2, 0) is 4.79 Å². The first-order valence-electron chi connectivity index (χ1n) is 7.60. The van der Waals surface area contributed by atoms with Crippen molar-refractivity contribution in [2.75, 3.05) is 42.6 Å². The van der Waals surface area contributed by atoms with E-state index in [-0.39, 0.29) is 5.92 Å². The molecule has 2 saturated heterocycles. The number of nitrogens with zero attached hydrogens (tertiary/aromatic N) is 4. The summed E-state index contributed by atoms with van der Waals surface area (Å²) in [6.45, 7) is 7.76. The van der Waals surface area contributed by atoms with Gasteiger partial charge >= 0.3 is 0 Å². The van der Waals surface area contributed by atoms with Crippen LogP contribution in [0.15, 0.2) is 0 Å². The number of hydrogen-bond acceptors (Lipinski definition) is 6. The third-order valence-corrected chi connectivity index (χ3v) is 5.81. The predicted molar refractivity (Wildman–Crippen MR) is 88.2 cm³/mol. The average molecular weight is 326 g/mol. The molecule has 7 heteroatoms. The smallest absolute Gasteiger partial charge is 0.227 e. The Morgan fingerprint density at radius 3 is 2.71 bits per heavy atom. The van der Waals surface area contributed by atoms with E-state index in [1.165, 1.54) is 11.5 Å². The van der Waals surface area contributed by atoms with Gasteiger partial charge in [-0.1, -0.05) is 13.8 Å². The number of rotatable bonds is 3. The zero-order valence-electron chi connectivity index (χ0n) is 12.6. The van der Waals surface area contributed by atoms with Crippen molar-refractivity contribution in [3.05, 3.63) is 5.82 Å². The molecule has 0 aromatic carbocycles. The van der Waals surface area contributed by atoms with Gasteiger partial charge in [0.15, 0.2) is 0 Å². The fraction of sp³-hybridized carbons (Fsp3) is 0.786. The molecule has 0 N–H and O–H groups in total. The van der Waals surface area contributed by atoms with Gasteiger partial charge in [0.25, 0.3) is 0 Å². The van der Waals surface area contributed by atoms with E-state index >= 15 is 0 Å². The van der Waals surface area contributed by atoms with E-state index in [4.69, 9.17) is 0 Å². The Kier molecular flexibility index (Phi) is 4.69. The van der Waals surface area contributed by atoms with Crippen LogP contribution >= 0.6 is 23.3 Å². The van der Waals surface area contributed by atoms with Gasteiger partial charge in [-0.2, -0.15) is 16.1 Å². The van der Waals surface area contributed by atoms with Gasteiger partial charge in [-0.15, -0.1) is 0 Å². The van der Waals surface area contributed by atoms with Crippen molar-refractivity contribution >= 4 is 34.3 Å². The summed E-state index contributed by atoms with van der Waals surface area (Å²) in [5.41, 5.74) is 0. The minimum atomic E-state index is 0.138. The zero-order chi connectivity index (χ0) is 14.8. The highest BCUT2D eigenvalue weighted by molar-refractivity contribution is 7.99. The molecular formula is C14H22N4OS2. The maximum absolute atomic E-state index is 12.5. The van der Waals surface area contributed by atoms with Crippen molar-refractivity contribution in [2.45, 2.75) is 26.2 Å². The minimum absolute atomic E-state index is 0.138. The number of carbonyl (C=O) groups excluding carboxylic acids is 1. The Morgan fingerprint density at radius 2 is 2.05 bits per heavy atom. The highest BCUT2D eigenvalue weighted by Crippen LogP contribution is 2.28. The SMILES string of the molecule is CC(C)c1nsc(N2CCC(C(=O)N3CCSCC3)C2)n1. The lowest BCUT2D eigenvalue weighted by atomic mass is 10.1. The Bertz CT molecular complexity index is 499. The van der Waals surface area contributed by atoms with Crippen LogP contribution in [0.5, 0.6) is 0 Å². The van der Waals surface area contributed by atoms with E-state index in [1.807, 2.05) is 16.7 Å². The summed E-state index contributed by atoms with van der Waals surface area (Å²) in [5, 5.41) is 0.975. The molecule has 0 saturated carbocycles. The number of carbonyl (C=O) groups is 1. The number of anilines is 1. The summed E-state index contributed by atoms with van der Waals surface area (Å²) in [6, 6.07) is 0. The van der Waals surface area contributed by atoms with E-state index in [9.17, 15) is 4.79 Å². The normalized spacial score (nSPS) is 23.1. The second kappa shape index (κ2) is 6.52. The van der Waals surface area contributed by atoms with Crippen LogP contribution in [0.4, 0.5) is 5.13 Å². The quantitative estimate of drug-likeness (QED) is 0.851. The molecule has 0 spiro atoms. The molecule has 3 rings (SSSR count). The van der Waals surface area contributed by atoms with Gasteiger partial charge in [-0.3, -0.25) is 4.79 Å². The minimum Gasteiger partial charge on any atom is -0.346 e. The first-order valence-corrected chi connectivity index (χ1v) is 9.53. The van der Waals surface area contributed by atoms with Crippen LogP contribution in [0.3, 0.4) is 0 Å². The van der Waals surface area contributed by atoms with Crippen molar-refractivity contribution in [1.82, 2.24) is 14.3 Å². The third kappa shape index (κ3) is 3.34. The lowest BCUT2D eigenvalue weighted by molar-refractivity contribution is -0.134. The van der Waals surface area contributed by atoms with Crippen molar-refractivity contribution < 1.29 is 4.79 Å². The molecule has 2 aliphatic rings. The third-order valence-electron chi connectivity index (χ3n) is 4.08. The highest BCUT2D eigenvalue weighted by Gasteiger charge is 2.33. The van der Waals surface area contributed by atoms with Crippen molar-refractivity contribution in [3.63, 3.8) is 0 Å². The molecule has 1 atom stereocenters. The lowest BCUT2D eigenvalue weighted by Gasteiger charge is -2.28.